The maximum atomic E-state index is 11.1. The third-order valence-corrected chi connectivity index (χ3v) is 4.00. The number of anilines is 1. The molecule has 0 aromatic heterocycles. The van der Waals surface area contributed by atoms with Gasteiger partial charge in [0.2, 0.25) is 5.91 Å². The van der Waals surface area contributed by atoms with Crippen molar-refractivity contribution in [1.82, 2.24) is 0 Å². The van der Waals surface area contributed by atoms with Gasteiger partial charge < -0.3 is 11.1 Å². The predicted molar refractivity (Wildman–Crippen MR) is 90.5 cm³/mol. The van der Waals surface area contributed by atoms with E-state index in [1.165, 1.54) is 0 Å². The lowest BCUT2D eigenvalue weighted by Gasteiger charge is -2.19. The Kier molecular flexibility index (Phi) is 5.26. The summed E-state index contributed by atoms with van der Waals surface area (Å²) in [7, 11) is 0. The van der Waals surface area contributed by atoms with E-state index < -0.39 is 0 Å². The molecule has 0 saturated carbocycles. The summed E-state index contributed by atoms with van der Waals surface area (Å²) in [6, 6.07) is 13.4. The van der Waals surface area contributed by atoms with E-state index in [0.29, 0.717) is 5.02 Å². The lowest BCUT2D eigenvalue weighted by molar-refractivity contribution is -0.117. The first kappa shape index (κ1) is 15.9. The SMILES string of the molecule is CC(Nc1ccccc1CC(N)=O)c1ccc(Br)cc1Cl. The number of hydrogen-bond donors (Lipinski definition) is 2. The number of hydrogen-bond acceptors (Lipinski definition) is 2. The minimum atomic E-state index is -0.349. The van der Waals surface area contributed by atoms with Gasteiger partial charge in [-0.15, -0.1) is 0 Å². The molecule has 1 atom stereocenters. The molecule has 0 aliphatic rings. The average molecular weight is 368 g/mol. The molecule has 21 heavy (non-hydrogen) atoms. The predicted octanol–water partition coefficient (Wildman–Crippen LogP) is 4.30. The van der Waals surface area contributed by atoms with Crippen molar-refractivity contribution in [2.45, 2.75) is 19.4 Å². The normalized spacial score (nSPS) is 12.0. The van der Waals surface area contributed by atoms with Crippen molar-refractivity contribution in [3.8, 4) is 0 Å². The fourth-order valence-electron chi connectivity index (χ4n) is 2.17. The van der Waals surface area contributed by atoms with Crippen LogP contribution in [0.15, 0.2) is 46.9 Å². The van der Waals surface area contributed by atoms with Gasteiger partial charge in [0.15, 0.2) is 0 Å². The zero-order valence-electron chi connectivity index (χ0n) is 11.6. The number of primary amides is 1. The van der Waals surface area contributed by atoms with Gasteiger partial charge in [-0.2, -0.15) is 0 Å². The smallest absolute Gasteiger partial charge is 0.221 e. The first-order chi connectivity index (χ1) is 9.97. The quantitative estimate of drug-likeness (QED) is 0.827. The van der Waals surface area contributed by atoms with Gasteiger partial charge in [0.1, 0.15) is 0 Å². The Morgan fingerprint density at radius 1 is 1.33 bits per heavy atom. The van der Waals surface area contributed by atoms with Crippen molar-refractivity contribution in [3.63, 3.8) is 0 Å². The molecule has 0 saturated heterocycles. The Morgan fingerprint density at radius 3 is 2.71 bits per heavy atom. The Hall–Kier alpha value is -1.52. The summed E-state index contributed by atoms with van der Waals surface area (Å²) in [5.41, 5.74) is 8.05. The Bertz CT molecular complexity index is 660. The van der Waals surface area contributed by atoms with E-state index >= 15 is 0 Å². The number of carbonyl (C=O) groups excluding carboxylic acids is 1. The summed E-state index contributed by atoms with van der Waals surface area (Å²) in [4.78, 5) is 11.1. The number of amides is 1. The molecule has 2 aromatic rings. The van der Waals surface area contributed by atoms with Crippen molar-refractivity contribution in [3.05, 3.63) is 63.1 Å². The highest BCUT2D eigenvalue weighted by Gasteiger charge is 2.12. The molecule has 2 aromatic carbocycles. The van der Waals surface area contributed by atoms with Gasteiger partial charge in [-0.3, -0.25) is 4.79 Å². The fraction of sp³-hybridized carbons (Fsp3) is 0.188. The highest BCUT2D eigenvalue weighted by atomic mass is 79.9. The van der Waals surface area contributed by atoms with Crippen molar-refractivity contribution >= 4 is 39.1 Å². The summed E-state index contributed by atoms with van der Waals surface area (Å²) in [5, 5.41) is 4.08. The van der Waals surface area contributed by atoms with Gasteiger partial charge >= 0.3 is 0 Å². The second-order valence-corrected chi connectivity index (χ2v) is 6.15. The molecule has 0 radical (unpaired) electrons. The van der Waals surface area contributed by atoms with Crippen LogP contribution in [0, 0.1) is 0 Å². The molecule has 110 valence electrons. The lowest BCUT2D eigenvalue weighted by Crippen LogP contribution is -2.16. The molecule has 3 nitrogen and oxygen atoms in total. The highest BCUT2D eigenvalue weighted by molar-refractivity contribution is 9.10. The van der Waals surface area contributed by atoms with Gasteiger partial charge in [0, 0.05) is 15.2 Å². The number of benzene rings is 2. The maximum Gasteiger partial charge on any atom is 0.221 e. The largest absolute Gasteiger partial charge is 0.378 e. The maximum absolute atomic E-state index is 11.1. The van der Waals surface area contributed by atoms with E-state index in [1.807, 2.05) is 49.4 Å². The van der Waals surface area contributed by atoms with Gasteiger partial charge in [0.05, 0.1) is 12.5 Å². The standard InChI is InChI=1S/C16H16BrClN2O/c1-10(13-7-6-12(17)9-14(13)18)20-15-5-3-2-4-11(15)8-16(19)21/h2-7,9-10,20H,8H2,1H3,(H2,19,21). The molecule has 5 heteroatoms. The highest BCUT2D eigenvalue weighted by Crippen LogP contribution is 2.29. The van der Waals surface area contributed by atoms with Crippen LogP contribution in [0.2, 0.25) is 5.02 Å². The van der Waals surface area contributed by atoms with Gasteiger partial charge in [0.25, 0.3) is 0 Å². The Balaban J connectivity index is 2.23. The molecule has 0 heterocycles. The van der Waals surface area contributed by atoms with Crippen LogP contribution in [0.1, 0.15) is 24.1 Å². The van der Waals surface area contributed by atoms with Crippen molar-refractivity contribution in [1.29, 1.82) is 0 Å². The topological polar surface area (TPSA) is 55.1 Å². The van der Waals surface area contributed by atoms with Crippen molar-refractivity contribution in [2.75, 3.05) is 5.32 Å². The second kappa shape index (κ2) is 6.96. The zero-order valence-corrected chi connectivity index (χ0v) is 13.9. The second-order valence-electron chi connectivity index (χ2n) is 4.83. The van der Waals surface area contributed by atoms with Crippen molar-refractivity contribution < 1.29 is 4.79 Å². The van der Waals surface area contributed by atoms with E-state index in [9.17, 15) is 4.79 Å². The third kappa shape index (κ3) is 4.22. The number of nitrogens with one attached hydrogen (secondary N) is 1. The molecule has 3 N–H and O–H groups in total. The summed E-state index contributed by atoms with van der Waals surface area (Å²) in [6.07, 6.45) is 0.212. The summed E-state index contributed by atoms with van der Waals surface area (Å²) >= 11 is 9.67. The average Bonchev–Trinajstić information content (AvgIpc) is 2.40. The molecular weight excluding hydrogens is 352 g/mol. The van der Waals surface area contributed by atoms with Crippen LogP contribution in [0.25, 0.3) is 0 Å². The molecule has 1 amide bonds. The Morgan fingerprint density at radius 2 is 2.05 bits per heavy atom. The van der Waals surface area contributed by atoms with Crippen LogP contribution < -0.4 is 11.1 Å². The minimum absolute atomic E-state index is 0.0135. The minimum Gasteiger partial charge on any atom is -0.378 e. The van der Waals surface area contributed by atoms with E-state index in [1.54, 1.807) is 0 Å². The zero-order chi connectivity index (χ0) is 15.4. The van der Waals surface area contributed by atoms with E-state index in [2.05, 4.69) is 21.2 Å². The summed E-state index contributed by atoms with van der Waals surface area (Å²) < 4.78 is 0.942. The molecule has 0 fully saturated rings. The van der Waals surface area contributed by atoms with Crippen molar-refractivity contribution in [2.24, 2.45) is 5.73 Å². The number of para-hydroxylation sites is 1. The first-order valence-electron chi connectivity index (χ1n) is 6.55. The summed E-state index contributed by atoms with van der Waals surface area (Å²) in [5.74, 6) is -0.349. The number of halogens is 2. The van der Waals surface area contributed by atoms with Crippen LogP contribution in [-0.4, -0.2) is 5.91 Å². The molecule has 0 spiro atoms. The number of carbonyl (C=O) groups is 1. The van der Waals surface area contributed by atoms with Gasteiger partial charge in [-0.25, -0.2) is 0 Å². The van der Waals surface area contributed by atoms with Crippen LogP contribution in [-0.2, 0) is 11.2 Å². The van der Waals surface area contributed by atoms with Crippen LogP contribution in [0.4, 0.5) is 5.69 Å². The van der Waals surface area contributed by atoms with E-state index in [-0.39, 0.29) is 18.4 Å². The molecule has 0 aliphatic carbocycles. The molecule has 1 unspecified atom stereocenters. The lowest BCUT2D eigenvalue weighted by atomic mass is 10.1. The number of nitrogens with two attached hydrogens (primary N) is 1. The molecular formula is C16H16BrClN2O. The monoisotopic (exact) mass is 366 g/mol. The van der Waals surface area contributed by atoms with E-state index in [0.717, 1.165) is 21.3 Å². The first-order valence-corrected chi connectivity index (χ1v) is 7.72. The van der Waals surface area contributed by atoms with Gasteiger partial charge in [-0.05, 0) is 36.2 Å². The molecule has 0 aliphatic heterocycles. The van der Waals surface area contributed by atoms with Crippen LogP contribution in [0.5, 0.6) is 0 Å². The van der Waals surface area contributed by atoms with Crippen LogP contribution in [0.3, 0.4) is 0 Å². The molecule has 2 rings (SSSR count). The molecule has 0 bridgehead atoms. The summed E-state index contributed by atoms with van der Waals surface area (Å²) in [6.45, 7) is 2.02. The van der Waals surface area contributed by atoms with Gasteiger partial charge in [-0.1, -0.05) is 51.8 Å². The van der Waals surface area contributed by atoms with E-state index in [4.69, 9.17) is 17.3 Å². The van der Waals surface area contributed by atoms with Crippen LogP contribution >= 0.6 is 27.5 Å². The third-order valence-electron chi connectivity index (χ3n) is 3.18. The number of rotatable bonds is 5. The fourth-order valence-corrected chi connectivity index (χ4v) is 3.00. The Labute approximate surface area is 137 Å².